The van der Waals surface area contributed by atoms with Gasteiger partial charge in [0.05, 0.1) is 0 Å². The van der Waals surface area contributed by atoms with E-state index in [0.29, 0.717) is 17.1 Å². The Balaban J connectivity index is 2.12. The Labute approximate surface area is 153 Å². The first kappa shape index (κ1) is 16.7. The van der Waals surface area contributed by atoms with Crippen molar-refractivity contribution < 1.29 is 4.79 Å². The number of benzene rings is 2. The van der Waals surface area contributed by atoms with Crippen LogP contribution in [-0.4, -0.2) is 14.1 Å². The lowest BCUT2D eigenvalue weighted by atomic mass is 10.1. The summed E-state index contributed by atoms with van der Waals surface area (Å²) in [4.78, 5) is 12.4. The number of aromatic nitrogens is 1. The number of hydrogen-bond acceptors (Lipinski definition) is 1. The minimum atomic E-state index is -1.99. The number of carbonyl (C=O) groups is 1. The number of Topliss-reactive ketones (excluding diaryl/α,β-unsaturated/α-hetero) is 1. The Morgan fingerprint density at radius 2 is 1.65 bits per heavy atom. The van der Waals surface area contributed by atoms with Gasteiger partial charge in [-0.15, -0.1) is 0 Å². The van der Waals surface area contributed by atoms with Crippen molar-refractivity contribution in [3.63, 3.8) is 0 Å². The number of alkyl halides is 3. The van der Waals surface area contributed by atoms with Gasteiger partial charge >= 0.3 is 0 Å². The summed E-state index contributed by atoms with van der Waals surface area (Å²) in [6, 6.07) is 15.1. The van der Waals surface area contributed by atoms with E-state index in [4.69, 9.17) is 46.4 Å². The van der Waals surface area contributed by atoms with Crippen molar-refractivity contribution in [1.29, 1.82) is 0 Å². The summed E-state index contributed by atoms with van der Waals surface area (Å²) in [5.74, 6) is -0.545. The van der Waals surface area contributed by atoms with Crippen molar-refractivity contribution in [1.82, 2.24) is 4.57 Å². The van der Waals surface area contributed by atoms with Crippen molar-refractivity contribution in [2.75, 3.05) is 0 Å². The second-order valence-corrected chi connectivity index (χ2v) is 7.79. The van der Waals surface area contributed by atoms with E-state index in [1.165, 1.54) is 0 Å². The van der Waals surface area contributed by atoms with Gasteiger partial charge in [-0.2, -0.15) is 0 Å². The van der Waals surface area contributed by atoms with Gasteiger partial charge < -0.3 is 4.57 Å². The number of halogens is 4. The first-order chi connectivity index (χ1) is 10.9. The monoisotopic (exact) mass is 385 g/mol. The Hall–Kier alpha value is -1.19. The molecule has 118 valence electrons. The third-order valence-corrected chi connectivity index (χ3v) is 4.47. The summed E-state index contributed by atoms with van der Waals surface area (Å²) in [6.45, 7) is 0.521. The maximum atomic E-state index is 12.4. The highest BCUT2D eigenvalue weighted by atomic mass is 35.6. The molecule has 0 spiro atoms. The Kier molecular flexibility index (Phi) is 4.61. The molecule has 0 aliphatic carbocycles. The minimum Gasteiger partial charge on any atom is -0.342 e. The van der Waals surface area contributed by atoms with E-state index in [2.05, 4.69) is 0 Å². The summed E-state index contributed by atoms with van der Waals surface area (Å²) in [6.07, 6.45) is 1.71. The van der Waals surface area contributed by atoms with Crippen molar-refractivity contribution in [3.8, 4) is 0 Å². The van der Waals surface area contributed by atoms with E-state index in [9.17, 15) is 4.79 Å². The maximum Gasteiger partial charge on any atom is 0.253 e. The first-order valence-electron chi connectivity index (χ1n) is 6.81. The molecule has 3 aromatic rings. The molecule has 0 radical (unpaired) electrons. The molecule has 0 atom stereocenters. The van der Waals surface area contributed by atoms with Gasteiger partial charge in [0.25, 0.3) is 3.79 Å². The van der Waals surface area contributed by atoms with Crippen molar-refractivity contribution in [2.45, 2.75) is 10.3 Å². The zero-order valence-corrected chi connectivity index (χ0v) is 14.8. The number of ketones is 1. The summed E-state index contributed by atoms with van der Waals surface area (Å²) in [5, 5.41) is 1.41. The van der Waals surface area contributed by atoms with Gasteiger partial charge in [-0.05, 0) is 17.7 Å². The number of nitrogens with zero attached hydrogens (tertiary/aromatic N) is 1. The minimum absolute atomic E-state index is 0.382. The summed E-state index contributed by atoms with van der Waals surface area (Å²) < 4.78 is -0.0560. The summed E-state index contributed by atoms with van der Waals surface area (Å²) >= 11 is 23.5. The van der Waals surface area contributed by atoms with Gasteiger partial charge in [-0.25, -0.2) is 0 Å². The molecule has 0 N–H and O–H groups in total. The van der Waals surface area contributed by atoms with Crippen LogP contribution in [0.5, 0.6) is 0 Å². The Bertz CT molecular complexity index is 880. The number of para-hydroxylation sites is 1. The molecule has 0 saturated carbocycles. The Morgan fingerprint density at radius 1 is 1.00 bits per heavy atom. The normalized spacial score (nSPS) is 11.8. The summed E-state index contributed by atoms with van der Waals surface area (Å²) in [5.41, 5.74) is 2.21. The van der Waals surface area contributed by atoms with Crippen LogP contribution in [0.2, 0.25) is 5.02 Å². The van der Waals surface area contributed by atoms with Crippen LogP contribution >= 0.6 is 46.4 Å². The van der Waals surface area contributed by atoms with Crippen LogP contribution in [0.25, 0.3) is 10.9 Å². The zero-order valence-electron chi connectivity index (χ0n) is 11.8. The fourth-order valence-electron chi connectivity index (χ4n) is 2.52. The second kappa shape index (κ2) is 6.37. The highest BCUT2D eigenvalue weighted by Crippen LogP contribution is 2.34. The van der Waals surface area contributed by atoms with E-state index in [-0.39, 0.29) is 0 Å². The van der Waals surface area contributed by atoms with E-state index in [0.717, 1.165) is 16.5 Å². The fourth-order valence-corrected chi connectivity index (χ4v) is 3.02. The lowest BCUT2D eigenvalue weighted by Crippen LogP contribution is -2.18. The molecule has 3 rings (SSSR count). The lowest BCUT2D eigenvalue weighted by molar-refractivity contribution is 0.0997. The number of fused-ring (bicyclic) bond motifs is 1. The van der Waals surface area contributed by atoms with E-state index in [1.807, 2.05) is 53.1 Å². The van der Waals surface area contributed by atoms with Crippen LogP contribution in [0.3, 0.4) is 0 Å². The van der Waals surface area contributed by atoms with Crippen LogP contribution in [0, 0.1) is 0 Å². The molecule has 2 nitrogen and oxygen atoms in total. The molecule has 1 heterocycles. The smallest absolute Gasteiger partial charge is 0.253 e. The first-order valence-corrected chi connectivity index (χ1v) is 8.32. The predicted octanol–water partition coefficient (Wildman–Crippen LogP) is 5.90. The van der Waals surface area contributed by atoms with Crippen LogP contribution in [0.1, 0.15) is 15.9 Å². The standard InChI is InChI=1S/C17H11Cl4NO/c18-14-7-3-1-5-11(14)9-22-10-13(16(23)17(19,20)21)12-6-2-4-8-15(12)22/h1-8,10H,9H2. The van der Waals surface area contributed by atoms with Gasteiger partial charge in [0.15, 0.2) is 0 Å². The zero-order chi connectivity index (χ0) is 16.6. The highest BCUT2D eigenvalue weighted by Gasteiger charge is 2.33. The maximum absolute atomic E-state index is 12.4. The molecular formula is C17H11Cl4NO. The van der Waals surface area contributed by atoms with E-state index < -0.39 is 9.58 Å². The second-order valence-electron chi connectivity index (χ2n) is 5.11. The molecule has 0 fully saturated rings. The molecule has 6 heteroatoms. The third-order valence-electron chi connectivity index (χ3n) is 3.59. The molecule has 0 unspecified atom stereocenters. The number of carbonyl (C=O) groups excluding carboxylic acids is 1. The third kappa shape index (κ3) is 3.36. The van der Waals surface area contributed by atoms with E-state index >= 15 is 0 Å². The molecule has 0 aliphatic rings. The largest absolute Gasteiger partial charge is 0.342 e. The molecule has 1 aromatic heterocycles. The highest BCUT2D eigenvalue weighted by molar-refractivity contribution is 6.77. The molecule has 0 amide bonds. The van der Waals surface area contributed by atoms with Crippen LogP contribution < -0.4 is 0 Å². The van der Waals surface area contributed by atoms with Gasteiger partial charge in [0, 0.05) is 34.2 Å². The van der Waals surface area contributed by atoms with Gasteiger partial charge in [-0.3, -0.25) is 4.79 Å². The van der Waals surface area contributed by atoms with Crippen molar-refractivity contribution in [2.24, 2.45) is 0 Å². The topological polar surface area (TPSA) is 22.0 Å². The van der Waals surface area contributed by atoms with Crippen LogP contribution in [0.15, 0.2) is 54.7 Å². The van der Waals surface area contributed by atoms with Gasteiger partial charge in [0.2, 0.25) is 5.78 Å². The molecule has 0 saturated heterocycles. The average Bonchev–Trinajstić information content (AvgIpc) is 2.87. The number of rotatable bonds is 3. The van der Waals surface area contributed by atoms with Crippen molar-refractivity contribution >= 4 is 63.1 Å². The van der Waals surface area contributed by atoms with Gasteiger partial charge in [0.1, 0.15) is 0 Å². The van der Waals surface area contributed by atoms with Crippen LogP contribution in [0.4, 0.5) is 0 Å². The summed E-state index contributed by atoms with van der Waals surface area (Å²) in [7, 11) is 0. The van der Waals surface area contributed by atoms with Gasteiger partial charge in [-0.1, -0.05) is 82.8 Å². The quantitative estimate of drug-likeness (QED) is 0.406. The molecule has 23 heavy (non-hydrogen) atoms. The SMILES string of the molecule is O=C(c1cn(Cc2ccccc2Cl)c2ccccc12)C(Cl)(Cl)Cl. The number of hydrogen-bond donors (Lipinski definition) is 0. The molecule has 0 aliphatic heterocycles. The molecule has 2 aromatic carbocycles. The average molecular weight is 387 g/mol. The fraction of sp³-hybridized carbons (Fsp3) is 0.118. The van der Waals surface area contributed by atoms with Crippen LogP contribution in [-0.2, 0) is 6.54 Å². The molecular weight excluding hydrogens is 376 g/mol. The molecule has 0 bridgehead atoms. The van der Waals surface area contributed by atoms with E-state index in [1.54, 1.807) is 6.20 Å². The predicted molar refractivity (Wildman–Crippen MR) is 97.1 cm³/mol. The lowest BCUT2D eigenvalue weighted by Gasteiger charge is -2.08. The Morgan fingerprint density at radius 3 is 2.35 bits per heavy atom. The van der Waals surface area contributed by atoms with Crippen molar-refractivity contribution in [3.05, 3.63) is 70.9 Å².